The van der Waals surface area contributed by atoms with Gasteiger partial charge in [-0.3, -0.25) is 0 Å². The minimum Gasteiger partial charge on any atom is -0.478 e. The van der Waals surface area contributed by atoms with Gasteiger partial charge in [0.25, 0.3) is 0 Å². The van der Waals surface area contributed by atoms with Crippen LogP contribution in [0.15, 0.2) is 36.4 Å². The van der Waals surface area contributed by atoms with Gasteiger partial charge in [-0.25, -0.2) is 9.78 Å². The Morgan fingerprint density at radius 2 is 2.00 bits per heavy atom. The highest BCUT2D eigenvalue weighted by atomic mass is 16.5. The number of hydrogen-bond acceptors (Lipinski definition) is 4. The first-order chi connectivity index (χ1) is 9.11. The van der Waals surface area contributed by atoms with E-state index in [2.05, 4.69) is 4.98 Å². The molecule has 2 aromatic rings. The second-order valence-corrected chi connectivity index (χ2v) is 3.96. The SMILES string of the molecule is Cc1nc(Oc2ccccc2CO)ccc1C(=O)O. The van der Waals surface area contributed by atoms with Gasteiger partial charge in [0.1, 0.15) is 5.75 Å². The second kappa shape index (κ2) is 5.49. The Morgan fingerprint density at radius 3 is 2.63 bits per heavy atom. The first-order valence-electron chi connectivity index (χ1n) is 5.69. The molecule has 5 heteroatoms. The third-order valence-corrected chi connectivity index (χ3v) is 2.65. The number of benzene rings is 1. The van der Waals surface area contributed by atoms with Crippen LogP contribution in [0.3, 0.4) is 0 Å². The van der Waals surface area contributed by atoms with E-state index < -0.39 is 5.97 Å². The van der Waals surface area contributed by atoms with E-state index in [0.717, 1.165) is 0 Å². The number of pyridine rings is 1. The normalized spacial score (nSPS) is 10.2. The first kappa shape index (κ1) is 13.0. The van der Waals surface area contributed by atoms with Crippen LogP contribution in [0, 0.1) is 6.92 Å². The number of carboxylic acids is 1. The number of aliphatic hydroxyl groups excluding tert-OH is 1. The van der Waals surface area contributed by atoms with E-state index in [1.807, 2.05) is 0 Å². The van der Waals surface area contributed by atoms with E-state index in [-0.39, 0.29) is 12.2 Å². The van der Waals surface area contributed by atoms with E-state index in [4.69, 9.17) is 9.84 Å². The number of para-hydroxylation sites is 1. The van der Waals surface area contributed by atoms with Crippen molar-refractivity contribution < 1.29 is 19.7 Å². The predicted molar refractivity (Wildman–Crippen MR) is 68.4 cm³/mol. The molecule has 0 amide bonds. The van der Waals surface area contributed by atoms with Crippen LogP contribution in [-0.2, 0) is 6.61 Å². The fraction of sp³-hybridized carbons (Fsp3) is 0.143. The van der Waals surface area contributed by atoms with Gasteiger partial charge in [-0.15, -0.1) is 0 Å². The zero-order valence-electron chi connectivity index (χ0n) is 10.3. The first-order valence-corrected chi connectivity index (χ1v) is 5.69. The number of ether oxygens (including phenoxy) is 1. The standard InChI is InChI=1S/C14H13NO4/c1-9-11(14(17)18)6-7-13(15-9)19-12-5-3-2-4-10(12)8-16/h2-7,16H,8H2,1H3,(H,17,18). The number of aryl methyl sites for hydroxylation is 1. The molecule has 0 aliphatic heterocycles. The minimum atomic E-state index is -1.02. The molecule has 0 radical (unpaired) electrons. The lowest BCUT2D eigenvalue weighted by molar-refractivity contribution is 0.0695. The van der Waals surface area contributed by atoms with Gasteiger partial charge in [0.15, 0.2) is 0 Å². The molecule has 19 heavy (non-hydrogen) atoms. The summed E-state index contributed by atoms with van der Waals surface area (Å²) in [6.45, 7) is 1.47. The molecular formula is C14H13NO4. The number of carboxylic acid groups (broad SMARTS) is 1. The molecule has 2 N–H and O–H groups in total. The molecule has 1 aromatic carbocycles. The quantitative estimate of drug-likeness (QED) is 0.881. The zero-order chi connectivity index (χ0) is 13.8. The second-order valence-electron chi connectivity index (χ2n) is 3.96. The molecule has 98 valence electrons. The zero-order valence-corrected chi connectivity index (χ0v) is 10.3. The Labute approximate surface area is 110 Å². The Hall–Kier alpha value is -2.40. The maximum absolute atomic E-state index is 10.9. The Kier molecular flexibility index (Phi) is 3.77. The third kappa shape index (κ3) is 2.89. The lowest BCUT2D eigenvalue weighted by Gasteiger charge is -2.09. The van der Waals surface area contributed by atoms with Crippen LogP contribution in [0.5, 0.6) is 11.6 Å². The fourth-order valence-electron chi connectivity index (χ4n) is 1.67. The highest BCUT2D eigenvalue weighted by Crippen LogP contribution is 2.24. The summed E-state index contributed by atoms with van der Waals surface area (Å²) in [5.74, 6) is -0.226. The molecule has 0 spiro atoms. The fourth-order valence-corrected chi connectivity index (χ4v) is 1.67. The van der Waals surface area contributed by atoms with Gasteiger partial charge in [-0.05, 0) is 19.1 Å². The van der Waals surface area contributed by atoms with E-state index in [1.54, 1.807) is 31.2 Å². The molecular weight excluding hydrogens is 246 g/mol. The van der Waals surface area contributed by atoms with Gasteiger partial charge in [-0.2, -0.15) is 0 Å². The maximum atomic E-state index is 10.9. The largest absolute Gasteiger partial charge is 0.478 e. The lowest BCUT2D eigenvalue weighted by Crippen LogP contribution is -2.02. The highest BCUT2D eigenvalue weighted by molar-refractivity contribution is 5.88. The number of carbonyl (C=O) groups is 1. The summed E-state index contributed by atoms with van der Waals surface area (Å²) in [4.78, 5) is 15.0. The van der Waals surface area contributed by atoms with Crippen LogP contribution in [0.2, 0.25) is 0 Å². The summed E-state index contributed by atoms with van der Waals surface area (Å²) >= 11 is 0. The molecule has 0 atom stereocenters. The van der Waals surface area contributed by atoms with Crippen molar-refractivity contribution in [3.05, 3.63) is 53.2 Å². The summed E-state index contributed by atoms with van der Waals surface area (Å²) in [5, 5.41) is 18.1. The van der Waals surface area contributed by atoms with Crippen molar-refractivity contribution in [1.29, 1.82) is 0 Å². The van der Waals surface area contributed by atoms with Gasteiger partial charge < -0.3 is 14.9 Å². The van der Waals surface area contributed by atoms with Crippen molar-refractivity contribution >= 4 is 5.97 Å². The number of rotatable bonds is 4. The van der Waals surface area contributed by atoms with Gasteiger partial charge in [0.05, 0.1) is 17.9 Å². The van der Waals surface area contributed by atoms with E-state index in [0.29, 0.717) is 22.9 Å². The van der Waals surface area contributed by atoms with Crippen molar-refractivity contribution in [2.24, 2.45) is 0 Å². The Morgan fingerprint density at radius 1 is 1.26 bits per heavy atom. The maximum Gasteiger partial charge on any atom is 0.337 e. The number of nitrogens with zero attached hydrogens (tertiary/aromatic N) is 1. The lowest BCUT2D eigenvalue weighted by atomic mass is 10.2. The summed E-state index contributed by atoms with van der Waals surface area (Å²) in [5.41, 5.74) is 1.17. The van der Waals surface area contributed by atoms with Gasteiger partial charge >= 0.3 is 5.97 Å². The summed E-state index contributed by atoms with van der Waals surface area (Å²) in [6, 6.07) is 9.98. The van der Waals surface area contributed by atoms with Crippen molar-refractivity contribution in [3.8, 4) is 11.6 Å². The van der Waals surface area contributed by atoms with Crippen LogP contribution in [0.4, 0.5) is 0 Å². The van der Waals surface area contributed by atoms with Crippen molar-refractivity contribution in [3.63, 3.8) is 0 Å². The summed E-state index contributed by atoms with van der Waals surface area (Å²) in [6.07, 6.45) is 0. The highest BCUT2D eigenvalue weighted by Gasteiger charge is 2.10. The molecule has 0 saturated carbocycles. The molecule has 1 heterocycles. The van der Waals surface area contributed by atoms with Crippen molar-refractivity contribution in [1.82, 2.24) is 4.98 Å². The molecule has 0 saturated heterocycles. The van der Waals surface area contributed by atoms with Crippen LogP contribution >= 0.6 is 0 Å². The third-order valence-electron chi connectivity index (χ3n) is 2.65. The average Bonchev–Trinajstić information content (AvgIpc) is 2.39. The van der Waals surface area contributed by atoms with Gasteiger partial charge in [0, 0.05) is 11.6 Å². The summed E-state index contributed by atoms with van der Waals surface area (Å²) < 4.78 is 5.55. The Balaban J connectivity index is 2.29. The van der Waals surface area contributed by atoms with E-state index in [9.17, 15) is 9.90 Å². The molecule has 2 rings (SSSR count). The van der Waals surface area contributed by atoms with Gasteiger partial charge in [0.2, 0.25) is 5.88 Å². The molecule has 0 aliphatic rings. The number of aromatic carboxylic acids is 1. The number of hydrogen-bond donors (Lipinski definition) is 2. The van der Waals surface area contributed by atoms with Gasteiger partial charge in [-0.1, -0.05) is 18.2 Å². The summed E-state index contributed by atoms with van der Waals surface area (Å²) in [7, 11) is 0. The number of aromatic nitrogens is 1. The van der Waals surface area contributed by atoms with Crippen LogP contribution in [0.25, 0.3) is 0 Å². The van der Waals surface area contributed by atoms with Crippen LogP contribution in [0.1, 0.15) is 21.6 Å². The molecule has 0 bridgehead atoms. The molecule has 0 fully saturated rings. The molecule has 1 aromatic heterocycles. The number of aliphatic hydroxyl groups is 1. The van der Waals surface area contributed by atoms with E-state index >= 15 is 0 Å². The smallest absolute Gasteiger partial charge is 0.337 e. The Bertz CT molecular complexity index is 610. The van der Waals surface area contributed by atoms with Crippen molar-refractivity contribution in [2.45, 2.75) is 13.5 Å². The van der Waals surface area contributed by atoms with Crippen LogP contribution in [-0.4, -0.2) is 21.2 Å². The van der Waals surface area contributed by atoms with Crippen LogP contribution < -0.4 is 4.74 Å². The monoisotopic (exact) mass is 259 g/mol. The molecule has 0 unspecified atom stereocenters. The average molecular weight is 259 g/mol. The topological polar surface area (TPSA) is 79.7 Å². The molecule has 5 nitrogen and oxygen atoms in total. The molecule has 0 aliphatic carbocycles. The predicted octanol–water partition coefficient (Wildman–Crippen LogP) is 2.37. The van der Waals surface area contributed by atoms with Crippen molar-refractivity contribution in [2.75, 3.05) is 0 Å². The van der Waals surface area contributed by atoms with E-state index in [1.165, 1.54) is 12.1 Å². The minimum absolute atomic E-state index is 0.137.